The molecule has 1 aliphatic rings. The van der Waals surface area contributed by atoms with Crippen LogP contribution < -0.4 is 5.73 Å². The highest BCUT2D eigenvalue weighted by molar-refractivity contribution is 5.94. The zero-order valence-electron chi connectivity index (χ0n) is 9.00. The second kappa shape index (κ2) is 5.05. The molecule has 5 nitrogen and oxygen atoms in total. The fourth-order valence-electron chi connectivity index (χ4n) is 1.78. The Kier molecular flexibility index (Phi) is 3.48. The van der Waals surface area contributed by atoms with Gasteiger partial charge in [0.1, 0.15) is 0 Å². The number of hydrogen-bond acceptors (Lipinski definition) is 4. The maximum Gasteiger partial charge on any atom is 0.254 e. The molecule has 1 aliphatic heterocycles. The van der Waals surface area contributed by atoms with Crippen LogP contribution in [0.5, 0.6) is 0 Å². The van der Waals surface area contributed by atoms with E-state index in [-0.39, 0.29) is 11.9 Å². The van der Waals surface area contributed by atoms with E-state index < -0.39 is 0 Å². The van der Waals surface area contributed by atoms with Gasteiger partial charge in [-0.2, -0.15) is 0 Å². The summed E-state index contributed by atoms with van der Waals surface area (Å²) < 4.78 is 5.30. The van der Waals surface area contributed by atoms with Crippen molar-refractivity contribution in [3.05, 3.63) is 30.1 Å². The van der Waals surface area contributed by atoms with Crippen LogP contribution in [0, 0.1) is 0 Å². The molecule has 1 amide bonds. The van der Waals surface area contributed by atoms with E-state index in [1.807, 2.05) is 0 Å². The second-order valence-electron chi connectivity index (χ2n) is 3.70. The Bertz CT molecular complexity index is 356. The highest BCUT2D eigenvalue weighted by Crippen LogP contribution is 2.11. The van der Waals surface area contributed by atoms with Crippen LogP contribution in [-0.2, 0) is 4.74 Å². The lowest BCUT2D eigenvalue weighted by atomic mass is 10.1. The molecule has 1 fully saturated rings. The zero-order valence-corrected chi connectivity index (χ0v) is 9.00. The fraction of sp³-hybridized carbons (Fsp3) is 0.455. The number of morpholine rings is 1. The van der Waals surface area contributed by atoms with Crippen LogP contribution in [0.25, 0.3) is 0 Å². The molecule has 0 aliphatic carbocycles. The lowest BCUT2D eigenvalue weighted by molar-refractivity contribution is 0.000834. The minimum atomic E-state index is -0.0191. The summed E-state index contributed by atoms with van der Waals surface area (Å²) in [4.78, 5) is 17.8. The SMILES string of the molecule is NCC1COCCN1C(=O)c1ccncc1. The number of hydrogen-bond donors (Lipinski definition) is 1. The summed E-state index contributed by atoms with van der Waals surface area (Å²) in [6.07, 6.45) is 3.23. The number of carbonyl (C=O) groups is 1. The molecule has 0 bridgehead atoms. The average molecular weight is 221 g/mol. The van der Waals surface area contributed by atoms with Gasteiger partial charge in [0.05, 0.1) is 19.3 Å². The van der Waals surface area contributed by atoms with Gasteiger partial charge in [-0.25, -0.2) is 0 Å². The molecule has 1 saturated heterocycles. The van der Waals surface area contributed by atoms with E-state index in [0.717, 1.165) is 0 Å². The summed E-state index contributed by atoms with van der Waals surface area (Å²) in [5, 5.41) is 0. The lowest BCUT2D eigenvalue weighted by Crippen LogP contribution is -2.52. The molecule has 0 saturated carbocycles. The maximum atomic E-state index is 12.2. The Morgan fingerprint density at radius 1 is 1.56 bits per heavy atom. The van der Waals surface area contributed by atoms with Crippen molar-refractivity contribution in [2.75, 3.05) is 26.3 Å². The first-order valence-corrected chi connectivity index (χ1v) is 5.31. The van der Waals surface area contributed by atoms with E-state index in [1.165, 1.54) is 0 Å². The number of pyridine rings is 1. The molecular weight excluding hydrogens is 206 g/mol. The summed E-state index contributed by atoms with van der Waals surface area (Å²) in [7, 11) is 0. The van der Waals surface area contributed by atoms with Crippen LogP contribution in [0.4, 0.5) is 0 Å². The summed E-state index contributed by atoms with van der Waals surface area (Å²) in [6.45, 7) is 2.13. The monoisotopic (exact) mass is 221 g/mol. The predicted octanol–water partition coefficient (Wildman–Crippen LogP) is -0.119. The molecule has 1 aromatic rings. The molecule has 0 radical (unpaired) electrons. The van der Waals surface area contributed by atoms with E-state index >= 15 is 0 Å². The van der Waals surface area contributed by atoms with Crippen molar-refractivity contribution in [2.45, 2.75) is 6.04 Å². The topological polar surface area (TPSA) is 68.5 Å². The highest BCUT2D eigenvalue weighted by atomic mass is 16.5. The molecule has 2 N–H and O–H groups in total. The van der Waals surface area contributed by atoms with Crippen molar-refractivity contribution >= 4 is 5.91 Å². The molecule has 0 spiro atoms. The summed E-state index contributed by atoms with van der Waals surface area (Å²) >= 11 is 0. The number of nitrogens with two attached hydrogens (primary N) is 1. The van der Waals surface area contributed by atoms with E-state index in [4.69, 9.17) is 10.5 Å². The van der Waals surface area contributed by atoms with Crippen LogP contribution in [-0.4, -0.2) is 48.1 Å². The van der Waals surface area contributed by atoms with Gasteiger partial charge >= 0.3 is 0 Å². The van der Waals surface area contributed by atoms with Crippen LogP contribution in [0.1, 0.15) is 10.4 Å². The third-order valence-electron chi connectivity index (χ3n) is 2.69. The van der Waals surface area contributed by atoms with Gasteiger partial charge in [-0.05, 0) is 12.1 Å². The molecular formula is C11H15N3O2. The molecule has 1 aromatic heterocycles. The van der Waals surface area contributed by atoms with Gasteiger partial charge in [0.2, 0.25) is 0 Å². The zero-order chi connectivity index (χ0) is 11.4. The summed E-state index contributed by atoms with van der Waals surface area (Å²) in [6, 6.07) is 3.41. The molecule has 0 aromatic carbocycles. The van der Waals surface area contributed by atoms with E-state index in [1.54, 1.807) is 29.4 Å². The van der Waals surface area contributed by atoms with Crippen molar-refractivity contribution < 1.29 is 9.53 Å². The van der Waals surface area contributed by atoms with Crippen molar-refractivity contribution in [3.8, 4) is 0 Å². The van der Waals surface area contributed by atoms with Crippen LogP contribution in [0.2, 0.25) is 0 Å². The van der Waals surface area contributed by atoms with Crippen molar-refractivity contribution in [1.82, 2.24) is 9.88 Å². The molecule has 1 atom stereocenters. The number of nitrogens with zero attached hydrogens (tertiary/aromatic N) is 2. The second-order valence-corrected chi connectivity index (χ2v) is 3.70. The summed E-state index contributed by atoms with van der Waals surface area (Å²) in [5.41, 5.74) is 6.27. The Labute approximate surface area is 94.2 Å². The largest absolute Gasteiger partial charge is 0.377 e. The fourth-order valence-corrected chi connectivity index (χ4v) is 1.78. The van der Waals surface area contributed by atoms with Gasteiger partial charge in [0.15, 0.2) is 0 Å². The third-order valence-corrected chi connectivity index (χ3v) is 2.69. The van der Waals surface area contributed by atoms with Crippen LogP contribution in [0.15, 0.2) is 24.5 Å². The van der Waals surface area contributed by atoms with Crippen molar-refractivity contribution in [3.63, 3.8) is 0 Å². The van der Waals surface area contributed by atoms with Crippen molar-refractivity contribution in [2.24, 2.45) is 5.73 Å². The Balaban J connectivity index is 2.14. The van der Waals surface area contributed by atoms with E-state index in [0.29, 0.717) is 31.9 Å². The molecule has 86 valence electrons. The first kappa shape index (κ1) is 11.0. The number of rotatable bonds is 2. The van der Waals surface area contributed by atoms with Gasteiger partial charge in [-0.1, -0.05) is 0 Å². The first-order valence-electron chi connectivity index (χ1n) is 5.31. The molecule has 2 heterocycles. The van der Waals surface area contributed by atoms with Gasteiger partial charge in [-0.3, -0.25) is 9.78 Å². The lowest BCUT2D eigenvalue weighted by Gasteiger charge is -2.34. The standard InChI is InChI=1S/C11H15N3O2/c12-7-10-8-16-6-5-14(10)11(15)9-1-3-13-4-2-9/h1-4,10H,5-8,12H2. The van der Waals surface area contributed by atoms with Crippen molar-refractivity contribution in [1.29, 1.82) is 0 Å². The smallest absolute Gasteiger partial charge is 0.254 e. The molecule has 5 heteroatoms. The normalized spacial score (nSPS) is 20.8. The maximum absolute atomic E-state index is 12.2. The molecule has 1 unspecified atom stereocenters. The predicted molar refractivity (Wildman–Crippen MR) is 58.9 cm³/mol. The third kappa shape index (κ3) is 2.20. The summed E-state index contributed by atoms with van der Waals surface area (Å²) in [5.74, 6) is 0.00106. The van der Waals surface area contributed by atoms with E-state index in [9.17, 15) is 4.79 Å². The van der Waals surface area contributed by atoms with Gasteiger partial charge < -0.3 is 15.4 Å². The molecule has 2 rings (SSSR count). The number of amides is 1. The first-order chi connectivity index (χ1) is 7.83. The minimum Gasteiger partial charge on any atom is -0.377 e. The number of ether oxygens (including phenoxy) is 1. The Morgan fingerprint density at radius 3 is 3.00 bits per heavy atom. The molecule has 16 heavy (non-hydrogen) atoms. The van der Waals surface area contributed by atoms with Gasteiger partial charge in [0, 0.05) is 31.0 Å². The van der Waals surface area contributed by atoms with Crippen LogP contribution >= 0.6 is 0 Å². The highest BCUT2D eigenvalue weighted by Gasteiger charge is 2.26. The Morgan fingerprint density at radius 2 is 2.31 bits per heavy atom. The number of aromatic nitrogens is 1. The van der Waals surface area contributed by atoms with Crippen LogP contribution in [0.3, 0.4) is 0 Å². The minimum absolute atomic E-state index is 0.00106. The number of carbonyl (C=O) groups excluding carboxylic acids is 1. The van der Waals surface area contributed by atoms with Gasteiger partial charge in [0.25, 0.3) is 5.91 Å². The quantitative estimate of drug-likeness (QED) is 0.756. The average Bonchev–Trinajstić information content (AvgIpc) is 2.39. The Hall–Kier alpha value is -1.46. The van der Waals surface area contributed by atoms with Gasteiger partial charge in [-0.15, -0.1) is 0 Å². The van der Waals surface area contributed by atoms with E-state index in [2.05, 4.69) is 4.98 Å².